The summed E-state index contributed by atoms with van der Waals surface area (Å²) in [5.74, 6) is -2.28. The Labute approximate surface area is 217 Å². The molecule has 3 aliphatic heterocycles. The van der Waals surface area contributed by atoms with Gasteiger partial charge in [-0.05, 0) is 44.2 Å². The van der Waals surface area contributed by atoms with Crippen molar-refractivity contribution in [2.24, 2.45) is 11.8 Å². The van der Waals surface area contributed by atoms with Crippen molar-refractivity contribution >= 4 is 17.7 Å². The van der Waals surface area contributed by atoms with Crippen molar-refractivity contribution < 1.29 is 24.2 Å². The summed E-state index contributed by atoms with van der Waals surface area (Å²) in [6.07, 6.45) is 1.11. The Morgan fingerprint density at radius 2 is 1.70 bits per heavy atom. The maximum Gasteiger partial charge on any atom is 0.246 e. The van der Waals surface area contributed by atoms with E-state index in [2.05, 4.69) is 10.6 Å². The van der Waals surface area contributed by atoms with Gasteiger partial charge < -0.3 is 25.4 Å². The molecule has 2 bridgehead atoms. The molecule has 2 aromatic carbocycles. The third-order valence-electron chi connectivity index (χ3n) is 7.95. The molecule has 37 heavy (non-hydrogen) atoms. The van der Waals surface area contributed by atoms with Gasteiger partial charge in [0.05, 0.1) is 30.6 Å². The van der Waals surface area contributed by atoms with Crippen LogP contribution in [-0.4, -0.2) is 64.2 Å². The number of aliphatic hydroxyl groups is 1. The molecule has 5 rings (SSSR count). The summed E-state index contributed by atoms with van der Waals surface area (Å²) < 4.78 is 6.46. The zero-order valence-corrected chi connectivity index (χ0v) is 21.3. The molecule has 3 heterocycles. The first-order valence-electron chi connectivity index (χ1n) is 13.1. The molecule has 3 fully saturated rings. The van der Waals surface area contributed by atoms with E-state index in [9.17, 15) is 19.5 Å². The van der Waals surface area contributed by atoms with E-state index in [1.165, 1.54) is 4.90 Å². The van der Waals surface area contributed by atoms with Crippen molar-refractivity contribution in [1.29, 1.82) is 0 Å². The highest BCUT2D eigenvalue weighted by Crippen LogP contribution is 2.58. The second-order valence-electron chi connectivity index (χ2n) is 10.7. The topological polar surface area (TPSA) is 108 Å². The predicted molar refractivity (Wildman–Crippen MR) is 137 cm³/mol. The van der Waals surface area contributed by atoms with Crippen LogP contribution in [0, 0.1) is 11.8 Å². The Kier molecular flexibility index (Phi) is 7.05. The molecule has 3 N–H and O–H groups in total. The fraction of sp³-hybridized carbons (Fsp3) is 0.483. The Balaban J connectivity index is 1.46. The van der Waals surface area contributed by atoms with Gasteiger partial charge in [0.15, 0.2) is 0 Å². The average Bonchev–Trinajstić information content (AvgIpc) is 3.54. The fourth-order valence-electron chi connectivity index (χ4n) is 6.49. The van der Waals surface area contributed by atoms with Gasteiger partial charge in [-0.25, -0.2) is 0 Å². The van der Waals surface area contributed by atoms with Crippen LogP contribution in [0.5, 0.6) is 0 Å². The quantitative estimate of drug-likeness (QED) is 0.482. The van der Waals surface area contributed by atoms with Gasteiger partial charge in [-0.3, -0.25) is 14.4 Å². The lowest BCUT2D eigenvalue weighted by atomic mass is 9.70. The van der Waals surface area contributed by atoms with Crippen molar-refractivity contribution in [3.8, 4) is 0 Å². The number of hydrogen-bond acceptors (Lipinski definition) is 5. The van der Waals surface area contributed by atoms with Gasteiger partial charge in [0.2, 0.25) is 17.7 Å². The average molecular weight is 506 g/mol. The molecule has 3 amide bonds. The molecule has 0 radical (unpaired) electrons. The van der Waals surface area contributed by atoms with Gasteiger partial charge >= 0.3 is 0 Å². The molecule has 0 aliphatic carbocycles. The van der Waals surface area contributed by atoms with Crippen LogP contribution in [0.1, 0.15) is 37.8 Å². The minimum Gasteiger partial charge on any atom is -0.394 e. The molecule has 3 aliphatic rings. The molecule has 8 heteroatoms. The number of aliphatic hydroxyl groups excluding tert-OH is 1. The maximum atomic E-state index is 14.1. The molecule has 1 spiro atoms. The molecule has 0 saturated carbocycles. The highest BCUT2D eigenvalue weighted by molar-refractivity contribution is 5.99. The van der Waals surface area contributed by atoms with E-state index in [0.717, 1.165) is 11.1 Å². The second-order valence-corrected chi connectivity index (χ2v) is 10.7. The number of carbonyl (C=O) groups excluding carboxylic acids is 3. The van der Waals surface area contributed by atoms with E-state index < -0.39 is 35.6 Å². The van der Waals surface area contributed by atoms with Crippen LogP contribution in [0.3, 0.4) is 0 Å². The number of likely N-dealkylation sites (tertiary alicyclic amines) is 1. The lowest BCUT2D eigenvalue weighted by molar-refractivity contribution is -0.145. The summed E-state index contributed by atoms with van der Waals surface area (Å²) in [6.45, 7) is 3.79. The molecule has 6 atom stereocenters. The second kappa shape index (κ2) is 10.3. The van der Waals surface area contributed by atoms with Crippen LogP contribution in [0.2, 0.25) is 0 Å². The predicted octanol–water partition coefficient (Wildman–Crippen LogP) is 1.81. The van der Waals surface area contributed by atoms with E-state index in [0.29, 0.717) is 25.8 Å². The van der Waals surface area contributed by atoms with Gasteiger partial charge in [0.1, 0.15) is 11.6 Å². The van der Waals surface area contributed by atoms with Crippen LogP contribution in [0.4, 0.5) is 0 Å². The summed E-state index contributed by atoms with van der Waals surface area (Å²) in [5.41, 5.74) is 0.834. The standard InChI is InChI=1S/C29H35N3O5/c1-18(2)31-27(35)25-29-14-13-22(37-29)23(26(34)30-16-20-11-7-4-8-12-20)24(29)28(36)32(25)21(17-33)15-19-9-5-3-6-10-19/h3-12,18,21-25,33H,13-17H2,1-2H3,(H,30,34)(H,31,35)/t21-,22-,23+,24+,25?,29?/m1/s1. The molecule has 3 saturated heterocycles. The molecular weight excluding hydrogens is 470 g/mol. The summed E-state index contributed by atoms with van der Waals surface area (Å²) in [5, 5.41) is 16.4. The van der Waals surface area contributed by atoms with Crippen molar-refractivity contribution in [1.82, 2.24) is 15.5 Å². The molecule has 0 aromatic heterocycles. The van der Waals surface area contributed by atoms with Crippen LogP contribution < -0.4 is 10.6 Å². The lowest BCUT2D eigenvalue weighted by Gasteiger charge is -2.37. The van der Waals surface area contributed by atoms with Crippen molar-refractivity contribution in [2.75, 3.05) is 6.61 Å². The molecular formula is C29H35N3O5. The number of amides is 3. The number of hydrogen-bond donors (Lipinski definition) is 3. The van der Waals surface area contributed by atoms with E-state index in [1.807, 2.05) is 74.5 Å². The number of nitrogens with one attached hydrogen (secondary N) is 2. The largest absolute Gasteiger partial charge is 0.394 e. The van der Waals surface area contributed by atoms with Crippen LogP contribution in [0.25, 0.3) is 0 Å². The SMILES string of the molecule is CC(C)NC(=O)C1N([C@@H](CO)Cc2ccccc2)C(=O)[C@@H]2[C@@H](C(=O)NCc3ccccc3)[C@H]3CCC12O3. The Morgan fingerprint density at radius 1 is 1.05 bits per heavy atom. The third-order valence-corrected chi connectivity index (χ3v) is 7.95. The van der Waals surface area contributed by atoms with Crippen LogP contribution in [-0.2, 0) is 32.1 Å². The van der Waals surface area contributed by atoms with Crippen LogP contribution >= 0.6 is 0 Å². The summed E-state index contributed by atoms with van der Waals surface area (Å²) in [7, 11) is 0. The fourth-order valence-corrected chi connectivity index (χ4v) is 6.49. The van der Waals surface area contributed by atoms with Gasteiger partial charge in [-0.2, -0.15) is 0 Å². The first-order valence-corrected chi connectivity index (χ1v) is 13.1. The lowest BCUT2D eigenvalue weighted by Crippen LogP contribution is -2.59. The Morgan fingerprint density at radius 3 is 2.32 bits per heavy atom. The van der Waals surface area contributed by atoms with Crippen molar-refractivity contribution in [2.45, 2.75) is 69.5 Å². The first-order chi connectivity index (χ1) is 17.9. The van der Waals surface area contributed by atoms with Crippen molar-refractivity contribution in [3.05, 3.63) is 71.8 Å². The minimum atomic E-state index is -1.08. The number of fused-ring (bicyclic) bond motifs is 1. The summed E-state index contributed by atoms with van der Waals surface area (Å²) >= 11 is 0. The maximum absolute atomic E-state index is 14.1. The van der Waals surface area contributed by atoms with E-state index in [-0.39, 0.29) is 30.4 Å². The highest BCUT2D eigenvalue weighted by atomic mass is 16.5. The van der Waals surface area contributed by atoms with Crippen molar-refractivity contribution in [3.63, 3.8) is 0 Å². The van der Waals surface area contributed by atoms with Gasteiger partial charge in [-0.1, -0.05) is 60.7 Å². The molecule has 196 valence electrons. The van der Waals surface area contributed by atoms with E-state index in [1.54, 1.807) is 0 Å². The summed E-state index contributed by atoms with van der Waals surface area (Å²) in [4.78, 5) is 42.8. The third kappa shape index (κ3) is 4.53. The first kappa shape index (κ1) is 25.4. The monoisotopic (exact) mass is 505 g/mol. The van der Waals surface area contributed by atoms with Crippen LogP contribution in [0.15, 0.2) is 60.7 Å². The molecule has 2 unspecified atom stereocenters. The molecule has 8 nitrogen and oxygen atoms in total. The number of benzene rings is 2. The highest BCUT2D eigenvalue weighted by Gasteiger charge is 2.75. The van der Waals surface area contributed by atoms with Gasteiger partial charge in [0.25, 0.3) is 0 Å². The van der Waals surface area contributed by atoms with E-state index >= 15 is 0 Å². The van der Waals surface area contributed by atoms with Gasteiger partial charge in [-0.15, -0.1) is 0 Å². The smallest absolute Gasteiger partial charge is 0.246 e. The molecule has 2 aromatic rings. The Bertz CT molecular complexity index is 1140. The zero-order chi connectivity index (χ0) is 26.2. The summed E-state index contributed by atoms with van der Waals surface area (Å²) in [6, 6.07) is 17.5. The zero-order valence-electron chi connectivity index (χ0n) is 21.3. The van der Waals surface area contributed by atoms with E-state index in [4.69, 9.17) is 4.74 Å². The minimum absolute atomic E-state index is 0.134. The number of ether oxygens (including phenoxy) is 1. The van der Waals surface area contributed by atoms with Gasteiger partial charge in [0, 0.05) is 12.6 Å². The number of rotatable bonds is 9. The number of nitrogens with zero attached hydrogens (tertiary/aromatic N) is 1. The normalized spacial score (nSPS) is 28.9. The Hall–Kier alpha value is -3.23. The number of carbonyl (C=O) groups is 3.